The van der Waals surface area contributed by atoms with Crippen LogP contribution in [0.15, 0.2) is 28.7 Å². The Bertz CT molecular complexity index is 550. The lowest BCUT2D eigenvalue weighted by Gasteiger charge is -2.34. The lowest BCUT2D eigenvalue weighted by molar-refractivity contribution is -0.136. The van der Waals surface area contributed by atoms with E-state index in [2.05, 4.69) is 45.2 Å². The van der Waals surface area contributed by atoms with Crippen LogP contribution in [0.3, 0.4) is 0 Å². The number of rotatable bonds is 7. The number of nitrogens with zero attached hydrogens (tertiary/aromatic N) is 1. The summed E-state index contributed by atoms with van der Waals surface area (Å²) in [5.74, 6) is 1.37. The van der Waals surface area contributed by atoms with Gasteiger partial charge in [0.15, 0.2) is 0 Å². The summed E-state index contributed by atoms with van der Waals surface area (Å²) in [6.45, 7) is 5.13. The third-order valence-electron chi connectivity index (χ3n) is 5.46. The SMILES string of the molecule is CCC(Cc1ccccc1Br)C(=O)N1CCC(NCC2CC2)CC1. The number of nitrogens with one attached hydrogen (secondary N) is 1. The van der Waals surface area contributed by atoms with Crippen molar-refractivity contribution in [3.05, 3.63) is 34.3 Å². The number of piperidine rings is 1. The normalized spacial score (nSPS) is 20.2. The number of amides is 1. The van der Waals surface area contributed by atoms with E-state index in [0.29, 0.717) is 11.9 Å². The van der Waals surface area contributed by atoms with Crippen molar-refractivity contribution >= 4 is 21.8 Å². The summed E-state index contributed by atoms with van der Waals surface area (Å²) in [4.78, 5) is 15.0. The molecule has 0 bridgehead atoms. The van der Waals surface area contributed by atoms with Gasteiger partial charge in [0.2, 0.25) is 5.91 Å². The van der Waals surface area contributed by atoms with Crippen molar-refractivity contribution in [2.45, 2.75) is 51.5 Å². The molecule has 1 aromatic carbocycles. The van der Waals surface area contributed by atoms with Gasteiger partial charge >= 0.3 is 0 Å². The Hall–Kier alpha value is -0.870. The maximum atomic E-state index is 12.9. The Balaban J connectivity index is 1.50. The van der Waals surface area contributed by atoms with Gasteiger partial charge in [0, 0.05) is 29.5 Å². The first kappa shape index (κ1) is 17.9. The Kier molecular flexibility index (Phi) is 6.34. The molecule has 1 aliphatic carbocycles. The highest BCUT2D eigenvalue weighted by Gasteiger charge is 2.29. The third kappa shape index (κ3) is 4.82. The fraction of sp³-hybridized carbons (Fsp3) is 0.650. The first-order chi connectivity index (χ1) is 11.7. The summed E-state index contributed by atoms with van der Waals surface area (Å²) in [5.41, 5.74) is 1.23. The maximum absolute atomic E-state index is 12.9. The minimum atomic E-state index is 0.0969. The molecule has 0 spiro atoms. The van der Waals surface area contributed by atoms with Crippen molar-refractivity contribution in [3.63, 3.8) is 0 Å². The van der Waals surface area contributed by atoms with E-state index < -0.39 is 0 Å². The van der Waals surface area contributed by atoms with Crippen LogP contribution in [0.2, 0.25) is 0 Å². The van der Waals surface area contributed by atoms with Gasteiger partial charge in [0.25, 0.3) is 0 Å². The van der Waals surface area contributed by atoms with Crippen LogP contribution in [0, 0.1) is 11.8 Å². The van der Waals surface area contributed by atoms with Gasteiger partial charge in [-0.3, -0.25) is 4.79 Å². The fourth-order valence-corrected chi connectivity index (χ4v) is 4.00. The number of carbonyl (C=O) groups excluding carboxylic acids is 1. The molecule has 3 nitrogen and oxygen atoms in total. The lowest BCUT2D eigenvalue weighted by atomic mass is 9.94. The number of halogens is 1. The number of likely N-dealkylation sites (tertiary alicyclic amines) is 1. The third-order valence-corrected chi connectivity index (χ3v) is 6.24. The van der Waals surface area contributed by atoms with Crippen molar-refractivity contribution in [3.8, 4) is 0 Å². The quantitative estimate of drug-likeness (QED) is 0.759. The van der Waals surface area contributed by atoms with Crippen LogP contribution in [-0.2, 0) is 11.2 Å². The minimum absolute atomic E-state index is 0.0969. The molecule has 1 aromatic rings. The van der Waals surface area contributed by atoms with Crippen molar-refractivity contribution in [2.24, 2.45) is 11.8 Å². The van der Waals surface area contributed by atoms with Crippen molar-refractivity contribution in [1.29, 1.82) is 0 Å². The average molecular weight is 393 g/mol. The summed E-state index contributed by atoms with van der Waals surface area (Å²) < 4.78 is 1.11. The van der Waals surface area contributed by atoms with Crippen molar-refractivity contribution < 1.29 is 4.79 Å². The van der Waals surface area contributed by atoms with Gasteiger partial charge in [-0.15, -0.1) is 0 Å². The monoisotopic (exact) mass is 392 g/mol. The topological polar surface area (TPSA) is 32.3 Å². The highest BCUT2D eigenvalue weighted by molar-refractivity contribution is 9.10. The molecule has 1 unspecified atom stereocenters. The molecule has 2 aliphatic rings. The van der Waals surface area contributed by atoms with Gasteiger partial charge in [-0.25, -0.2) is 0 Å². The van der Waals surface area contributed by atoms with Crippen molar-refractivity contribution in [2.75, 3.05) is 19.6 Å². The van der Waals surface area contributed by atoms with Crippen LogP contribution >= 0.6 is 15.9 Å². The first-order valence-electron chi connectivity index (χ1n) is 9.43. The Morgan fingerprint density at radius 1 is 1.25 bits per heavy atom. The number of carbonyl (C=O) groups is 1. The van der Waals surface area contributed by atoms with Gasteiger partial charge in [0.05, 0.1) is 0 Å². The molecule has 1 atom stereocenters. The molecule has 1 saturated carbocycles. The summed E-state index contributed by atoms with van der Waals surface area (Å²) in [6, 6.07) is 8.86. The molecule has 4 heteroatoms. The average Bonchev–Trinajstić information content (AvgIpc) is 3.44. The molecule has 1 aliphatic heterocycles. The van der Waals surface area contributed by atoms with E-state index in [-0.39, 0.29) is 5.92 Å². The van der Waals surface area contributed by atoms with Gasteiger partial charge in [-0.05, 0) is 62.6 Å². The zero-order valence-electron chi connectivity index (χ0n) is 14.6. The summed E-state index contributed by atoms with van der Waals surface area (Å²) in [7, 11) is 0. The number of hydrogen-bond donors (Lipinski definition) is 1. The number of benzene rings is 1. The molecule has 1 saturated heterocycles. The minimum Gasteiger partial charge on any atom is -0.342 e. The van der Waals surface area contributed by atoms with Gasteiger partial charge < -0.3 is 10.2 Å². The highest BCUT2D eigenvalue weighted by atomic mass is 79.9. The van der Waals surface area contributed by atoms with E-state index >= 15 is 0 Å². The largest absolute Gasteiger partial charge is 0.342 e. The zero-order valence-corrected chi connectivity index (χ0v) is 16.2. The summed E-state index contributed by atoms with van der Waals surface area (Å²) in [6.07, 6.45) is 6.74. The molecular weight excluding hydrogens is 364 g/mol. The summed E-state index contributed by atoms with van der Waals surface area (Å²) in [5, 5.41) is 3.69. The van der Waals surface area contributed by atoms with E-state index in [0.717, 1.165) is 49.2 Å². The van der Waals surface area contributed by atoms with Gasteiger partial charge in [-0.1, -0.05) is 41.1 Å². The summed E-state index contributed by atoms with van der Waals surface area (Å²) >= 11 is 3.61. The van der Waals surface area contributed by atoms with E-state index in [9.17, 15) is 4.79 Å². The molecule has 0 aromatic heterocycles. The van der Waals surface area contributed by atoms with Crippen LogP contribution < -0.4 is 5.32 Å². The van der Waals surface area contributed by atoms with Gasteiger partial charge in [-0.2, -0.15) is 0 Å². The first-order valence-corrected chi connectivity index (χ1v) is 10.2. The van der Waals surface area contributed by atoms with Crippen LogP contribution in [0.1, 0.15) is 44.6 Å². The Morgan fingerprint density at radius 3 is 2.58 bits per heavy atom. The standard InChI is InChI=1S/C20H29BrN2O/c1-2-16(13-17-5-3-4-6-19(17)21)20(24)23-11-9-18(10-12-23)22-14-15-7-8-15/h3-6,15-16,18,22H,2,7-14H2,1H3. The molecule has 0 radical (unpaired) electrons. The molecule has 132 valence electrons. The zero-order chi connectivity index (χ0) is 16.9. The van der Waals surface area contributed by atoms with Crippen LogP contribution in [0.5, 0.6) is 0 Å². The molecule has 2 fully saturated rings. The molecule has 1 N–H and O–H groups in total. The second-order valence-corrected chi connectivity index (χ2v) is 8.21. The van der Waals surface area contributed by atoms with E-state index in [1.807, 2.05) is 12.1 Å². The fourth-order valence-electron chi connectivity index (χ4n) is 3.55. The predicted octanol–water partition coefficient (Wildman–Crippen LogP) is 4.01. The van der Waals surface area contributed by atoms with Crippen LogP contribution in [0.25, 0.3) is 0 Å². The second kappa shape index (κ2) is 8.48. The van der Waals surface area contributed by atoms with E-state index in [1.165, 1.54) is 24.9 Å². The smallest absolute Gasteiger partial charge is 0.226 e. The molecule has 1 amide bonds. The van der Waals surface area contributed by atoms with Crippen LogP contribution in [0.4, 0.5) is 0 Å². The second-order valence-electron chi connectivity index (χ2n) is 7.35. The van der Waals surface area contributed by atoms with Crippen molar-refractivity contribution in [1.82, 2.24) is 10.2 Å². The van der Waals surface area contributed by atoms with Crippen LogP contribution in [-0.4, -0.2) is 36.5 Å². The molecule has 3 rings (SSSR count). The van der Waals surface area contributed by atoms with Gasteiger partial charge in [0.1, 0.15) is 0 Å². The Labute approximate surface area is 154 Å². The molecular formula is C20H29BrN2O. The Morgan fingerprint density at radius 2 is 1.96 bits per heavy atom. The number of hydrogen-bond acceptors (Lipinski definition) is 2. The lowest BCUT2D eigenvalue weighted by Crippen LogP contribution is -2.47. The molecule has 24 heavy (non-hydrogen) atoms. The highest BCUT2D eigenvalue weighted by Crippen LogP contribution is 2.28. The predicted molar refractivity (Wildman–Crippen MR) is 102 cm³/mol. The van der Waals surface area contributed by atoms with E-state index in [1.54, 1.807) is 0 Å². The van der Waals surface area contributed by atoms with E-state index in [4.69, 9.17) is 0 Å². The molecule has 1 heterocycles. The maximum Gasteiger partial charge on any atom is 0.226 e.